The number of anilines is 1. The number of nitrogens with one attached hydrogen (secondary N) is 1. The summed E-state index contributed by atoms with van der Waals surface area (Å²) in [5.74, 6) is -1.00. The quantitative estimate of drug-likeness (QED) is 0.669. The molecule has 0 heterocycles. The lowest BCUT2D eigenvalue weighted by molar-refractivity contribution is 0.0698. The molecule has 2 rings (SSSR count). The molecule has 0 fully saturated rings. The van der Waals surface area contributed by atoms with Crippen molar-refractivity contribution < 1.29 is 9.90 Å². The summed E-state index contributed by atoms with van der Waals surface area (Å²) in [6, 6.07) is 14.5. The molecule has 0 aliphatic carbocycles. The molecular formula is C14H11BrN2O2. The summed E-state index contributed by atoms with van der Waals surface area (Å²) in [5.41, 5.74) is 4.29. The number of halogens is 1. The van der Waals surface area contributed by atoms with Crippen LogP contribution < -0.4 is 5.43 Å². The van der Waals surface area contributed by atoms with E-state index in [1.807, 2.05) is 30.3 Å². The molecule has 0 spiro atoms. The van der Waals surface area contributed by atoms with Gasteiger partial charge in [0.05, 0.1) is 17.5 Å². The van der Waals surface area contributed by atoms with E-state index in [9.17, 15) is 4.79 Å². The molecule has 96 valence electrons. The first-order chi connectivity index (χ1) is 9.16. The van der Waals surface area contributed by atoms with Crippen LogP contribution in [0.3, 0.4) is 0 Å². The van der Waals surface area contributed by atoms with Gasteiger partial charge in [-0.2, -0.15) is 5.10 Å². The van der Waals surface area contributed by atoms with Gasteiger partial charge in [-0.3, -0.25) is 5.43 Å². The van der Waals surface area contributed by atoms with Crippen molar-refractivity contribution in [3.8, 4) is 0 Å². The van der Waals surface area contributed by atoms with Gasteiger partial charge in [0.2, 0.25) is 0 Å². The molecule has 2 aromatic rings. The van der Waals surface area contributed by atoms with Crippen molar-refractivity contribution in [2.24, 2.45) is 5.10 Å². The Bertz CT molecular complexity index is 612. The van der Waals surface area contributed by atoms with Gasteiger partial charge in [0, 0.05) is 4.47 Å². The zero-order valence-electron chi connectivity index (χ0n) is 9.88. The third-order valence-corrected chi connectivity index (χ3v) is 2.90. The van der Waals surface area contributed by atoms with E-state index in [4.69, 9.17) is 5.11 Å². The summed E-state index contributed by atoms with van der Waals surface area (Å²) >= 11 is 3.24. The van der Waals surface area contributed by atoms with Gasteiger partial charge in [0.25, 0.3) is 0 Å². The number of nitrogens with zero attached hydrogens (tertiary/aromatic N) is 1. The van der Waals surface area contributed by atoms with E-state index in [0.29, 0.717) is 10.2 Å². The van der Waals surface area contributed by atoms with Crippen LogP contribution in [0.25, 0.3) is 0 Å². The van der Waals surface area contributed by atoms with Gasteiger partial charge < -0.3 is 5.11 Å². The molecule has 0 amide bonds. The van der Waals surface area contributed by atoms with E-state index in [1.54, 1.807) is 18.3 Å². The summed E-state index contributed by atoms with van der Waals surface area (Å²) in [4.78, 5) is 11.1. The Balaban J connectivity index is 2.16. The maximum atomic E-state index is 11.1. The summed E-state index contributed by atoms with van der Waals surface area (Å²) in [6.07, 6.45) is 1.63. The first kappa shape index (κ1) is 13.3. The average Bonchev–Trinajstić information content (AvgIpc) is 2.41. The van der Waals surface area contributed by atoms with Gasteiger partial charge >= 0.3 is 5.97 Å². The molecule has 0 aliphatic rings. The number of aromatic carboxylic acids is 1. The lowest BCUT2D eigenvalue weighted by atomic mass is 10.2. The Morgan fingerprint density at radius 1 is 1.21 bits per heavy atom. The summed E-state index contributed by atoms with van der Waals surface area (Å²) in [7, 11) is 0. The fourth-order valence-electron chi connectivity index (χ4n) is 1.51. The highest BCUT2D eigenvalue weighted by atomic mass is 79.9. The van der Waals surface area contributed by atoms with E-state index >= 15 is 0 Å². The molecule has 0 bridgehead atoms. The number of hydrazone groups is 1. The van der Waals surface area contributed by atoms with Crippen LogP contribution in [0.5, 0.6) is 0 Å². The summed E-state index contributed by atoms with van der Waals surface area (Å²) < 4.78 is 0.711. The van der Waals surface area contributed by atoms with Crippen LogP contribution in [-0.2, 0) is 0 Å². The number of carboxylic acid groups (broad SMARTS) is 1. The van der Waals surface area contributed by atoms with Gasteiger partial charge in [0.15, 0.2) is 0 Å². The second-order valence-corrected chi connectivity index (χ2v) is 4.69. The third kappa shape index (κ3) is 3.66. The Kier molecular flexibility index (Phi) is 4.30. The van der Waals surface area contributed by atoms with Crippen LogP contribution in [0.2, 0.25) is 0 Å². The van der Waals surface area contributed by atoms with Crippen LogP contribution in [-0.4, -0.2) is 17.3 Å². The van der Waals surface area contributed by atoms with Gasteiger partial charge in [-0.1, -0.05) is 46.3 Å². The second-order valence-electron chi connectivity index (χ2n) is 3.78. The van der Waals surface area contributed by atoms with Gasteiger partial charge in [-0.25, -0.2) is 4.79 Å². The standard InChI is InChI=1S/C14H11BrN2O2/c15-11-6-7-13(12(8-11)14(18)19)17-16-9-10-4-2-1-3-5-10/h1-9,17H,(H,18,19)/b16-9+. The molecule has 0 aliphatic heterocycles. The highest BCUT2D eigenvalue weighted by Gasteiger charge is 2.09. The second kappa shape index (κ2) is 6.15. The average molecular weight is 319 g/mol. The van der Waals surface area contributed by atoms with Crippen LogP contribution in [0.1, 0.15) is 15.9 Å². The minimum absolute atomic E-state index is 0.166. The normalized spacial score (nSPS) is 10.6. The van der Waals surface area contributed by atoms with E-state index in [-0.39, 0.29) is 5.56 Å². The van der Waals surface area contributed by atoms with E-state index in [0.717, 1.165) is 5.56 Å². The number of hydrogen-bond donors (Lipinski definition) is 2. The molecule has 4 nitrogen and oxygen atoms in total. The first-order valence-corrected chi connectivity index (χ1v) is 6.33. The fourth-order valence-corrected chi connectivity index (χ4v) is 1.87. The SMILES string of the molecule is O=C(O)c1cc(Br)ccc1N/N=C/c1ccccc1. The largest absolute Gasteiger partial charge is 0.478 e. The van der Waals surface area contributed by atoms with Crippen molar-refractivity contribution in [3.63, 3.8) is 0 Å². The van der Waals surface area contributed by atoms with Crippen LogP contribution in [0.4, 0.5) is 5.69 Å². The Labute approximate surface area is 118 Å². The van der Waals surface area contributed by atoms with Gasteiger partial charge in [-0.05, 0) is 23.8 Å². The van der Waals surface area contributed by atoms with Crippen molar-refractivity contribution in [2.45, 2.75) is 0 Å². The Morgan fingerprint density at radius 2 is 1.95 bits per heavy atom. The molecule has 19 heavy (non-hydrogen) atoms. The van der Waals surface area contributed by atoms with E-state index in [1.165, 1.54) is 6.07 Å². The van der Waals surface area contributed by atoms with Crippen molar-refractivity contribution >= 4 is 33.8 Å². The van der Waals surface area contributed by atoms with Crippen LogP contribution in [0, 0.1) is 0 Å². The number of hydrogen-bond acceptors (Lipinski definition) is 3. The maximum Gasteiger partial charge on any atom is 0.337 e. The van der Waals surface area contributed by atoms with Gasteiger partial charge in [0.1, 0.15) is 0 Å². The molecule has 0 unspecified atom stereocenters. The van der Waals surface area contributed by atoms with Crippen molar-refractivity contribution in [3.05, 3.63) is 64.1 Å². The monoisotopic (exact) mass is 318 g/mol. The molecule has 0 radical (unpaired) electrons. The molecule has 2 aromatic carbocycles. The predicted octanol–water partition coefficient (Wildman–Crippen LogP) is 3.59. The molecular weight excluding hydrogens is 308 g/mol. The lowest BCUT2D eigenvalue weighted by Gasteiger charge is -2.05. The van der Waals surface area contributed by atoms with Crippen LogP contribution >= 0.6 is 15.9 Å². The molecule has 0 aromatic heterocycles. The number of carbonyl (C=O) groups is 1. The van der Waals surface area contributed by atoms with Gasteiger partial charge in [-0.15, -0.1) is 0 Å². The topological polar surface area (TPSA) is 61.7 Å². The number of rotatable bonds is 4. The zero-order chi connectivity index (χ0) is 13.7. The summed E-state index contributed by atoms with van der Waals surface area (Å²) in [6.45, 7) is 0. The Hall–Kier alpha value is -2.14. The molecule has 0 saturated carbocycles. The molecule has 0 saturated heterocycles. The predicted molar refractivity (Wildman–Crippen MR) is 78.8 cm³/mol. The first-order valence-electron chi connectivity index (χ1n) is 5.54. The van der Waals surface area contributed by atoms with Crippen molar-refractivity contribution in [1.29, 1.82) is 0 Å². The van der Waals surface area contributed by atoms with E-state index < -0.39 is 5.97 Å². The van der Waals surface area contributed by atoms with Crippen LogP contribution in [0.15, 0.2) is 58.1 Å². The molecule has 0 atom stereocenters. The summed E-state index contributed by atoms with van der Waals surface area (Å²) in [5, 5.41) is 13.1. The minimum atomic E-state index is -1.00. The third-order valence-electron chi connectivity index (χ3n) is 2.41. The van der Waals surface area contributed by atoms with Crippen molar-refractivity contribution in [1.82, 2.24) is 0 Å². The number of benzene rings is 2. The lowest BCUT2D eigenvalue weighted by Crippen LogP contribution is -2.02. The fraction of sp³-hybridized carbons (Fsp3) is 0. The maximum absolute atomic E-state index is 11.1. The number of carboxylic acids is 1. The van der Waals surface area contributed by atoms with E-state index in [2.05, 4.69) is 26.5 Å². The minimum Gasteiger partial charge on any atom is -0.478 e. The Morgan fingerprint density at radius 3 is 2.63 bits per heavy atom. The zero-order valence-corrected chi connectivity index (χ0v) is 11.5. The van der Waals surface area contributed by atoms with Crippen molar-refractivity contribution in [2.75, 3.05) is 5.43 Å². The smallest absolute Gasteiger partial charge is 0.337 e. The molecule has 5 heteroatoms. The highest BCUT2D eigenvalue weighted by molar-refractivity contribution is 9.10. The highest BCUT2D eigenvalue weighted by Crippen LogP contribution is 2.21. The molecule has 2 N–H and O–H groups in total.